The monoisotopic (exact) mass is 438 g/mol. The molecule has 0 aliphatic rings. The summed E-state index contributed by atoms with van der Waals surface area (Å²) in [4.78, 5) is 17.8. The van der Waals surface area contributed by atoms with E-state index in [1.54, 1.807) is 40.3 Å². The molecule has 0 bridgehead atoms. The lowest BCUT2D eigenvalue weighted by molar-refractivity contribution is 0.842. The summed E-state index contributed by atoms with van der Waals surface area (Å²) in [6.45, 7) is 3.15. The van der Waals surface area contributed by atoms with Crippen molar-refractivity contribution in [2.24, 2.45) is 0 Å². The first-order valence-corrected chi connectivity index (χ1v) is 10.5. The van der Waals surface area contributed by atoms with Gasteiger partial charge < -0.3 is 10.6 Å². The number of nitrogens with zero attached hydrogens (tertiary/aromatic N) is 8. The summed E-state index contributed by atoms with van der Waals surface area (Å²) in [5.41, 5.74) is 3.09. The molecule has 0 spiro atoms. The molecule has 0 saturated heterocycles. The summed E-state index contributed by atoms with van der Waals surface area (Å²) in [6, 6.07) is 11.6. The van der Waals surface area contributed by atoms with Crippen LogP contribution in [0.1, 0.15) is 16.7 Å². The largest absolute Gasteiger partial charge is 0.366 e. The maximum absolute atomic E-state index is 4.65. The highest BCUT2D eigenvalue weighted by Gasteiger charge is 2.06. The predicted molar refractivity (Wildman–Crippen MR) is 124 cm³/mol. The first-order chi connectivity index (χ1) is 16.2. The van der Waals surface area contributed by atoms with E-state index >= 15 is 0 Å². The third-order valence-corrected chi connectivity index (χ3v) is 4.98. The van der Waals surface area contributed by atoms with E-state index in [-0.39, 0.29) is 0 Å². The van der Waals surface area contributed by atoms with Crippen molar-refractivity contribution in [2.75, 3.05) is 10.6 Å². The van der Waals surface area contributed by atoms with Crippen LogP contribution in [-0.2, 0) is 13.1 Å². The van der Waals surface area contributed by atoms with Crippen LogP contribution in [0, 0.1) is 6.92 Å². The molecule has 2 N–H and O–H groups in total. The van der Waals surface area contributed by atoms with Crippen molar-refractivity contribution in [2.45, 2.75) is 20.0 Å². The van der Waals surface area contributed by atoms with Gasteiger partial charge in [0.15, 0.2) is 11.6 Å². The Morgan fingerprint density at radius 3 is 1.94 bits per heavy atom. The van der Waals surface area contributed by atoms with E-state index in [9.17, 15) is 0 Å². The quantitative estimate of drug-likeness (QED) is 0.380. The zero-order valence-electron chi connectivity index (χ0n) is 18.0. The van der Waals surface area contributed by atoms with Gasteiger partial charge in [0.25, 0.3) is 0 Å². The standard InChI is InChI=1S/C23H22N10/c1-17-14-27-23(28-16-19-5-9-25-21(13-19)33-11-3-7-30-33)31-22(17)26-15-18-4-8-24-20(12-18)32-10-2-6-29-32/h2-14H,15-16H2,1H3,(H2,26,27,28,31). The summed E-state index contributed by atoms with van der Waals surface area (Å²) >= 11 is 0. The zero-order valence-corrected chi connectivity index (χ0v) is 18.0. The van der Waals surface area contributed by atoms with Gasteiger partial charge >= 0.3 is 0 Å². The van der Waals surface area contributed by atoms with Gasteiger partial charge in [0.05, 0.1) is 0 Å². The summed E-state index contributed by atoms with van der Waals surface area (Å²) in [5.74, 6) is 2.86. The van der Waals surface area contributed by atoms with E-state index in [0.717, 1.165) is 34.1 Å². The van der Waals surface area contributed by atoms with Gasteiger partial charge in [-0.05, 0) is 54.4 Å². The van der Waals surface area contributed by atoms with Crippen LogP contribution < -0.4 is 10.6 Å². The number of pyridine rings is 2. The highest BCUT2D eigenvalue weighted by Crippen LogP contribution is 2.16. The molecule has 0 atom stereocenters. The first-order valence-electron chi connectivity index (χ1n) is 10.5. The third kappa shape index (κ3) is 4.85. The summed E-state index contributed by atoms with van der Waals surface area (Å²) in [6.07, 6.45) is 12.5. The molecule has 0 aromatic carbocycles. The molecule has 0 aliphatic heterocycles. The molecule has 5 aromatic rings. The van der Waals surface area contributed by atoms with Gasteiger partial charge in [0.1, 0.15) is 5.82 Å². The number of hydrogen-bond donors (Lipinski definition) is 2. The molecule has 164 valence electrons. The lowest BCUT2D eigenvalue weighted by Gasteiger charge is -2.12. The van der Waals surface area contributed by atoms with Crippen LogP contribution in [0.25, 0.3) is 11.6 Å². The van der Waals surface area contributed by atoms with Gasteiger partial charge in [-0.15, -0.1) is 0 Å². The molecule has 0 unspecified atom stereocenters. The van der Waals surface area contributed by atoms with Crippen LogP contribution in [0.3, 0.4) is 0 Å². The van der Waals surface area contributed by atoms with Crippen LogP contribution in [0.5, 0.6) is 0 Å². The smallest absolute Gasteiger partial charge is 0.224 e. The average Bonchev–Trinajstić information content (AvgIpc) is 3.58. The molecule has 10 heteroatoms. The van der Waals surface area contributed by atoms with Crippen LogP contribution >= 0.6 is 0 Å². The maximum atomic E-state index is 4.65. The highest BCUT2D eigenvalue weighted by molar-refractivity contribution is 5.47. The van der Waals surface area contributed by atoms with E-state index in [4.69, 9.17) is 0 Å². The van der Waals surface area contributed by atoms with Crippen LogP contribution in [0.4, 0.5) is 11.8 Å². The number of anilines is 2. The first kappa shape index (κ1) is 20.3. The topological polar surface area (TPSA) is 111 Å². The normalized spacial score (nSPS) is 10.8. The molecule has 0 aliphatic carbocycles. The minimum absolute atomic E-state index is 0.549. The van der Waals surface area contributed by atoms with Crippen LogP contribution in [0.2, 0.25) is 0 Å². The lowest BCUT2D eigenvalue weighted by atomic mass is 10.2. The van der Waals surface area contributed by atoms with Gasteiger partial charge in [-0.3, -0.25) is 0 Å². The van der Waals surface area contributed by atoms with Crippen molar-refractivity contribution in [1.29, 1.82) is 0 Å². The van der Waals surface area contributed by atoms with Crippen LogP contribution in [0.15, 0.2) is 79.8 Å². The fraction of sp³-hybridized carbons (Fsp3) is 0.130. The van der Waals surface area contributed by atoms with E-state index in [1.807, 2.05) is 55.7 Å². The van der Waals surface area contributed by atoms with Crippen molar-refractivity contribution < 1.29 is 0 Å². The van der Waals surface area contributed by atoms with Crippen molar-refractivity contribution in [3.63, 3.8) is 0 Å². The Kier molecular flexibility index (Phi) is 5.70. The van der Waals surface area contributed by atoms with Crippen molar-refractivity contribution in [3.05, 3.63) is 96.5 Å². The fourth-order valence-corrected chi connectivity index (χ4v) is 3.27. The Hall–Kier alpha value is -4.60. The minimum atomic E-state index is 0.549. The number of aryl methyl sites for hydroxylation is 1. The molecule has 33 heavy (non-hydrogen) atoms. The van der Waals surface area contributed by atoms with Gasteiger partial charge in [0, 0.05) is 62.0 Å². The SMILES string of the molecule is Cc1cnc(NCc2ccnc(-n3cccn3)c2)nc1NCc1ccnc(-n2cccn2)c1. The Morgan fingerprint density at radius 1 is 0.758 bits per heavy atom. The van der Waals surface area contributed by atoms with Gasteiger partial charge in [-0.1, -0.05) is 0 Å². The Morgan fingerprint density at radius 2 is 1.36 bits per heavy atom. The second kappa shape index (κ2) is 9.27. The number of hydrogen-bond acceptors (Lipinski definition) is 8. The van der Waals surface area contributed by atoms with E-state index in [2.05, 4.69) is 40.8 Å². The molecule has 0 amide bonds. The van der Waals surface area contributed by atoms with E-state index in [0.29, 0.717) is 19.0 Å². The maximum Gasteiger partial charge on any atom is 0.224 e. The van der Waals surface area contributed by atoms with Gasteiger partial charge in [-0.2, -0.15) is 15.2 Å². The molecule has 10 nitrogen and oxygen atoms in total. The Bertz CT molecular complexity index is 1330. The Balaban J connectivity index is 1.24. The molecular weight excluding hydrogens is 416 g/mol. The average molecular weight is 438 g/mol. The highest BCUT2D eigenvalue weighted by atomic mass is 15.3. The van der Waals surface area contributed by atoms with Gasteiger partial charge in [-0.25, -0.2) is 24.3 Å². The molecule has 0 radical (unpaired) electrons. The minimum Gasteiger partial charge on any atom is -0.366 e. The van der Waals surface area contributed by atoms with Crippen molar-refractivity contribution >= 4 is 11.8 Å². The lowest BCUT2D eigenvalue weighted by Crippen LogP contribution is -2.09. The second-order valence-electron chi connectivity index (χ2n) is 7.38. The molecule has 5 rings (SSSR count). The molecule has 0 fully saturated rings. The summed E-state index contributed by atoms with van der Waals surface area (Å²) < 4.78 is 3.46. The Labute approximate surface area is 190 Å². The third-order valence-electron chi connectivity index (χ3n) is 4.98. The van der Waals surface area contributed by atoms with Crippen LogP contribution in [-0.4, -0.2) is 39.5 Å². The van der Waals surface area contributed by atoms with Gasteiger partial charge in [0.2, 0.25) is 5.95 Å². The van der Waals surface area contributed by atoms with Crippen molar-refractivity contribution in [3.8, 4) is 11.6 Å². The van der Waals surface area contributed by atoms with E-state index < -0.39 is 0 Å². The fourth-order valence-electron chi connectivity index (χ4n) is 3.27. The number of rotatable bonds is 8. The number of nitrogens with one attached hydrogen (secondary N) is 2. The van der Waals surface area contributed by atoms with E-state index in [1.165, 1.54) is 0 Å². The zero-order chi connectivity index (χ0) is 22.5. The van der Waals surface area contributed by atoms with Crippen molar-refractivity contribution in [1.82, 2.24) is 39.5 Å². The molecule has 5 heterocycles. The molecular formula is C23H22N10. The summed E-state index contributed by atoms with van der Waals surface area (Å²) in [7, 11) is 0. The second-order valence-corrected chi connectivity index (χ2v) is 7.38. The molecule has 5 aromatic heterocycles. The predicted octanol–water partition coefficient (Wildman–Crippen LogP) is 3.17. The number of aromatic nitrogens is 8. The summed E-state index contributed by atoms with van der Waals surface area (Å²) in [5, 5.41) is 15.1. The molecule has 0 saturated carbocycles.